The van der Waals surface area contributed by atoms with E-state index >= 15 is 0 Å². The molecule has 0 radical (unpaired) electrons. The molecular formula is C9H21NO3Si. The summed E-state index contributed by atoms with van der Waals surface area (Å²) in [6.07, 6.45) is 4.64. The van der Waals surface area contributed by atoms with Crippen molar-refractivity contribution in [2.75, 3.05) is 21.3 Å². The van der Waals surface area contributed by atoms with E-state index in [9.17, 15) is 0 Å². The molecule has 5 heteroatoms. The fourth-order valence-electron chi connectivity index (χ4n) is 1.36. The molecule has 84 valence electrons. The van der Waals surface area contributed by atoms with Crippen molar-refractivity contribution in [1.29, 1.82) is 0 Å². The van der Waals surface area contributed by atoms with Crippen molar-refractivity contribution in [1.82, 2.24) is 0 Å². The highest BCUT2D eigenvalue weighted by atomic mass is 28.4. The van der Waals surface area contributed by atoms with Crippen molar-refractivity contribution in [2.24, 2.45) is 5.73 Å². The second-order valence-electron chi connectivity index (χ2n) is 3.04. The van der Waals surface area contributed by atoms with E-state index < -0.39 is 8.80 Å². The third kappa shape index (κ3) is 3.51. The van der Waals surface area contributed by atoms with Crippen molar-refractivity contribution >= 4 is 8.80 Å². The average molecular weight is 219 g/mol. The van der Waals surface area contributed by atoms with Crippen LogP contribution >= 0.6 is 0 Å². The molecule has 0 aliphatic carbocycles. The maximum atomic E-state index is 5.98. The number of allylic oxidation sites excluding steroid dienone is 1. The number of rotatable bonds is 8. The van der Waals surface area contributed by atoms with Gasteiger partial charge in [-0.3, -0.25) is 0 Å². The van der Waals surface area contributed by atoms with Gasteiger partial charge in [-0.1, -0.05) is 6.08 Å². The van der Waals surface area contributed by atoms with Gasteiger partial charge in [0.15, 0.2) is 0 Å². The van der Waals surface area contributed by atoms with Crippen LogP contribution < -0.4 is 5.73 Å². The number of unbranched alkanes of at least 4 members (excludes halogenated alkanes) is 1. The maximum Gasteiger partial charge on any atom is 0.517 e. The zero-order valence-electron chi connectivity index (χ0n) is 9.29. The first-order valence-corrected chi connectivity index (χ1v) is 6.49. The molecule has 0 aliphatic rings. The van der Waals surface area contributed by atoms with E-state index in [1.807, 2.05) is 6.08 Å². The second kappa shape index (κ2) is 7.14. The van der Waals surface area contributed by atoms with Gasteiger partial charge in [-0.2, -0.15) is 0 Å². The van der Waals surface area contributed by atoms with Gasteiger partial charge >= 0.3 is 8.80 Å². The van der Waals surface area contributed by atoms with E-state index in [0.717, 1.165) is 19.3 Å². The smallest absolute Gasteiger partial charge is 0.376 e. The standard InChI is InChI=1S/C9H21NO3Si/c1-5-6-7-8-9(10)14(11-2,12-3)13-4/h5,9H,1,6-8,10H2,2-4H3. The highest BCUT2D eigenvalue weighted by Gasteiger charge is 2.44. The lowest BCUT2D eigenvalue weighted by Gasteiger charge is -2.29. The van der Waals surface area contributed by atoms with E-state index in [1.165, 1.54) is 0 Å². The van der Waals surface area contributed by atoms with Gasteiger partial charge in [0.1, 0.15) is 0 Å². The minimum absolute atomic E-state index is 0.164. The quantitative estimate of drug-likeness (QED) is 0.377. The van der Waals surface area contributed by atoms with Crippen LogP contribution in [0.1, 0.15) is 19.3 Å². The number of hydrogen-bond acceptors (Lipinski definition) is 4. The van der Waals surface area contributed by atoms with Crippen LogP contribution in [0.15, 0.2) is 12.7 Å². The van der Waals surface area contributed by atoms with Gasteiger partial charge < -0.3 is 19.0 Å². The Kier molecular flexibility index (Phi) is 7.03. The molecule has 0 aliphatic heterocycles. The largest absolute Gasteiger partial charge is 0.517 e. The Morgan fingerprint density at radius 1 is 1.29 bits per heavy atom. The molecule has 0 aromatic rings. The Morgan fingerprint density at radius 2 is 1.79 bits per heavy atom. The summed E-state index contributed by atoms with van der Waals surface area (Å²) in [5, 5.41) is 0. The van der Waals surface area contributed by atoms with Gasteiger partial charge in [-0.15, -0.1) is 6.58 Å². The molecule has 0 amide bonds. The summed E-state index contributed by atoms with van der Waals surface area (Å²) < 4.78 is 15.8. The van der Waals surface area contributed by atoms with Crippen LogP contribution in [0.25, 0.3) is 0 Å². The third-order valence-electron chi connectivity index (χ3n) is 2.23. The van der Waals surface area contributed by atoms with Gasteiger partial charge in [0, 0.05) is 21.3 Å². The lowest BCUT2D eigenvalue weighted by molar-refractivity contribution is 0.111. The summed E-state index contributed by atoms with van der Waals surface area (Å²) in [4.78, 5) is 0. The van der Waals surface area contributed by atoms with Crippen molar-refractivity contribution in [3.63, 3.8) is 0 Å². The first kappa shape index (κ1) is 13.8. The Hall–Kier alpha value is -0.203. The van der Waals surface area contributed by atoms with Crippen LogP contribution in [0.4, 0.5) is 0 Å². The molecule has 0 spiro atoms. The van der Waals surface area contributed by atoms with E-state index in [2.05, 4.69) is 6.58 Å². The minimum Gasteiger partial charge on any atom is -0.376 e. The third-order valence-corrected chi connectivity index (χ3v) is 5.14. The van der Waals surface area contributed by atoms with Crippen LogP contribution in [0.3, 0.4) is 0 Å². The normalized spacial score (nSPS) is 14.0. The monoisotopic (exact) mass is 219 g/mol. The second-order valence-corrected chi connectivity index (χ2v) is 6.22. The van der Waals surface area contributed by atoms with E-state index in [4.69, 9.17) is 19.0 Å². The highest BCUT2D eigenvalue weighted by molar-refractivity contribution is 6.62. The molecule has 0 bridgehead atoms. The fraction of sp³-hybridized carbons (Fsp3) is 0.778. The molecule has 0 fully saturated rings. The molecule has 0 heterocycles. The Bertz CT molecular complexity index is 154. The van der Waals surface area contributed by atoms with E-state index in [1.54, 1.807) is 21.3 Å². The zero-order chi connectivity index (χ0) is 11.0. The van der Waals surface area contributed by atoms with Crippen LogP contribution in [0.2, 0.25) is 0 Å². The summed E-state index contributed by atoms with van der Waals surface area (Å²) in [5.41, 5.74) is 5.81. The molecule has 1 atom stereocenters. The molecule has 14 heavy (non-hydrogen) atoms. The average Bonchev–Trinajstić information content (AvgIpc) is 2.22. The summed E-state index contributed by atoms with van der Waals surface area (Å²) in [5.74, 6) is 0. The number of nitrogens with two attached hydrogens (primary N) is 1. The Labute approximate surface area is 87.4 Å². The summed E-state index contributed by atoms with van der Waals surface area (Å²) in [6.45, 7) is 3.66. The topological polar surface area (TPSA) is 53.7 Å². The summed E-state index contributed by atoms with van der Waals surface area (Å²) in [6, 6.07) is 0. The maximum absolute atomic E-state index is 5.98. The molecule has 0 aromatic carbocycles. The molecule has 4 nitrogen and oxygen atoms in total. The molecule has 0 rings (SSSR count). The molecule has 0 saturated carbocycles. The lowest BCUT2D eigenvalue weighted by Crippen LogP contribution is -2.58. The summed E-state index contributed by atoms with van der Waals surface area (Å²) in [7, 11) is 2.10. The van der Waals surface area contributed by atoms with Crippen LogP contribution in [-0.2, 0) is 13.3 Å². The van der Waals surface area contributed by atoms with Gasteiger partial charge in [-0.25, -0.2) is 0 Å². The summed E-state index contributed by atoms with van der Waals surface area (Å²) >= 11 is 0. The van der Waals surface area contributed by atoms with Crippen molar-refractivity contribution in [3.05, 3.63) is 12.7 Å². The Balaban J connectivity index is 4.13. The highest BCUT2D eigenvalue weighted by Crippen LogP contribution is 2.14. The predicted octanol–water partition coefficient (Wildman–Crippen LogP) is 1.09. The zero-order valence-corrected chi connectivity index (χ0v) is 10.3. The van der Waals surface area contributed by atoms with Crippen molar-refractivity contribution in [2.45, 2.75) is 24.9 Å². The SMILES string of the molecule is C=CCCCC(N)[Si](OC)(OC)OC. The molecule has 0 saturated heterocycles. The van der Waals surface area contributed by atoms with Gasteiger partial charge in [0.05, 0.1) is 5.67 Å². The van der Waals surface area contributed by atoms with Gasteiger partial charge in [-0.05, 0) is 19.3 Å². The van der Waals surface area contributed by atoms with Crippen LogP contribution in [-0.4, -0.2) is 35.8 Å². The van der Waals surface area contributed by atoms with E-state index in [0.29, 0.717) is 0 Å². The van der Waals surface area contributed by atoms with Crippen LogP contribution in [0.5, 0.6) is 0 Å². The fourth-order valence-corrected chi connectivity index (χ4v) is 3.33. The van der Waals surface area contributed by atoms with Crippen LogP contribution in [0, 0.1) is 0 Å². The Morgan fingerprint density at radius 3 is 2.14 bits per heavy atom. The van der Waals surface area contributed by atoms with Crippen molar-refractivity contribution in [3.8, 4) is 0 Å². The lowest BCUT2D eigenvalue weighted by atomic mass is 10.2. The van der Waals surface area contributed by atoms with Crippen molar-refractivity contribution < 1.29 is 13.3 Å². The molecular weight excluding hydrogens is 198 g/mol. The van der Waals surface area contributed by atoms with E-state index in [-0.39, 0.29) is 5.67 Å². The number of hydrogen-bond donors (Lipinski definition) is 1. The minimum atomic E-state index is -2.63. The van der Waals surface area contributed by atoms with Gasteiger partial charge in [0.2, 0.25) is 0 Å². The molecule has 1 unspecified atom stereocenters. The first-order chi connectivity index (χ1) is 6.66. The molecule has 2 N–H and O–H groups in total. The van der Waals surface area contributed by atoms with Gasteiger partial charge in [0.25, 0.3) is 0 Å². The molecule has 0 aromatic heterocycles. The first-order valence-electron chi connectivity index (χ1n) is 4.68. The predicted molar refractivity (Wildman–Crippen MR) is 58.8 cm³/mol.